The number of allylic oxidation sites excluding steroid dienone is 2. The molecule has 3 aromatic rings. The van der Waals surface area contributed by atoms with E-state index in [1.807, 2.05) is 53.2 Å². The van der Waals surface area contributed by atoms with Crippen LogP contribution in [-0.4, -0.2) is 25.8 Å². The topological polar surface area (TPSA) is 68.0 Å². The second kappa shape index (κ2) is 9.64. The van der Waals surface area contributed by atoms with Crippen LogP contribution in [0.2, 0.25) is 0 Å². The number of rotatable bonds is 10. The Morgan fingerprint density at radius 2 is 1.69 bits per heavy atom. The molecule has 0 aliphatic rings. The molecule has 0 atom stereocenters. The Morgan fingerprint density at radius 3 is 2.38 bits per heavy atom. The van der Waals surface area contributed by atoms with Gasteiger partial charge in [0, 0.05) is 12.8 Å². The molecule has 3 rings (SSSR count). The number of aryl methyl sites for hydroxylation is 2. The monoisotopic (exact) mass is 387 g/mol. The third-order valence-electron chi connectivity index (χ3n) is 4.69. The van der Waals surface area contributed by atoms with Gasteiger partial charge in [-0.3, -0.25) is 0 Å². The van der Waals surface area contributed by atoms with Gasteiger partial charge in [-0.2, -0.15) is 5.10 Å². The molecule has 0 bridgehead atoms. The molecule has 0 unspecified atom stereocenters. The van der Waals surface area contributed by atoms with E-state index in [9.17, 15) is 9.90 Å². The van der Waals surface area contributed by atoms with Gasteiger partial charge in [-0.05, 0) is 35.6 Å². The van der Waals surface area contributed by atoms with Gasteiger partial charge in [0.05, 0.1) is 12.1 Å². The minimum Gasteiger partial charge on any atom is -0.478 e. The SMILES string of the molecule is C=CCCc1nc(CCC=C)n(Cc2ccc(-c3ccccc3C(=O)O)cc2)n1. The Balaban J connectivity index is 1.82. The van der Waals surface area contributed by atoms with E-state index in [4.69, 9.17) is 0 Å². The van der Waals surface area contributed by atoms with Crippen molar-refractivity contribution in [3.63, 3.8) is 0 Å². The molecule has 0 saturated carbocycles. The normalized spacial score (nSPS) is 10.6. The summed E-state index contributed by atoms with van der Waals surface area (Å²) in [5.74, 6) is 0.853. The van der Waals surface area contributed by atoms with Gasteiger partial charge in [-0.1, -0.05) is 54.6 Å². The summed E-state index contributed by atoms with van der Waals surface area (Å²) in [4.78, 5) is 16.1. The van der Waals surface area contributed by atoms with Crippen molar-refractivity contribution >= 4 is 5.97 Å². The molecule has 0 saturated heterocycles. The first-order valence-electron chi connectivity index (χ1n) is 9.68. The molecule has 29 heavy (non-hydrogen) atoms. The molecule has 1 aromatic heterocycles. The van der Waals surface area contributed by atoms with Crippen LogP contribution in [0, 0.1) is 0 Å². The van der Waals surface area contributed by atoms with E-state index in [1.165, 1.54) is 0 Å². The number of benzene rings is 2. The lowest BCUT2D eigenvalue weighted by Gasteiger charge is -2.09. The molecule has 0 radical (unpaired) electrons. The number of hydrogen-bond acceptors (Lipinski definition) is 3. The second-order valence-corrected chi connectivity index (χ2v) is 6.80. The Bertz CT molecular complexity index is 1000. The largest absolute Gasteiger partial charge is 0.478 e. The third kappa shape index (κ3) is 5.08. The first-order chi connectivity index (χ1) is 14.1. The average molecular weight is 387 g/mol. The minimum absolute atomic E-state index is 0.301. The third-order valence-corrected chi connectivity index (χ3v) is 4.69. The highest BCUT2D eigenvalue weighted by Gasteiger charge is 2.12. The Morgan fingerprint density at radius 1 is 1.00 bits per heavy atom. The quantitative estimate of drug-likeness (QED) is 0.501. The second-order valence-electron chi connectivity index (χ2n) is 6.80. The van der Waals surface area contributed by atoms with Crippen molar-refractivity contribution in [3.05, 3.63) is 96.6 Å². The number of carboxylic acids is 1. The summed E-state index contributed by atoms with van der Waals surface area (Å²) in [6.07, 6.45) is 7.04. The number of carboxylic acid groups (broad SMARTS) is 1. The molecular formula is C24H25N3O2. The van der Waals surface area contributed by atoms with Crippen LogP contribution in [0.15, 0.2) is 73.8 Å². The standard InChI is InChI=1S/C24H25N3O2/c1-3-5-11-22-25-23(12-6-4-2)27(26-22)17-18-13-15-19(16-14-18)20-9-7-8-10-21(20)24(28)29/h3-4,7-10,13-16H,1-2,5-6,11-12,17H2,(H,28,29). The maximum Gasteiger partial charge on any atom is 0.336 e. The van der Waals surface area contributed by atoms with Crippen molar-refractivity contribution in [1.82, 2.24) is 14.8 Å². The van der Waals surface area contributed by atoms with Gasteiger partial charge in [-0.15, -0.1) is 13.2 Å². The van der Waals surface area contributed by atoms with Crippen molar-refractivity contribution < 1.29 is 9.90 Å². The van der Waals surface area contributed by atoms with Crippen LogP contribution >= 0.6 is 0 Å². The summed E-state index contributed by atoms with van der Waals surface area (Å²) in [7, 11) is 0. The zero-order valence-electron chi connectivity index (χ0n) is 16.4. The van der Waals surface area contributed by atoms with Gasteiger partial charge in [0.1, 0.15) is 5.82 Å². The number of aromatic carboxylic acids is 1. The van der Waals surface area contributed by atoms with Crippen LogP contribution in [0.5, 0.6) is 0 Å². The van der Waals surface area contributed by atoms with Crippen LogP contribution in [0.1, 0.15) is 40.4 Å². The molecule has 0 amide bonds. The highest BCUT2D eigenvalue weighted by molar-refractivity contribution is 5.95. The van der Waals surface area contributed by atoms with E-state index >= 15 is 0 Å². The van der Waals surface area contributed by atoms with Crippen LogP contribution in [0.25, 0.3) is 11.1 Å². The molecule has 0 fully saturated rings. The van der Waals surface area contributed by atoms with Gasteiger partial charge in [0.2, 0.25) is 0 Å². The van der Waals surface area contributed by atoms with E-state index in [0.29, 0.717) is 17.7 Å². The lowest BCUT2D eigenvalue weighted by atomic mass is 9.99. The maximum absolute atomic E-state index is 11.5. The highest BCUT2D eigenvalue weighted by Crippen LogP contribution is 2.24. The van der Waals surface area contributed by atoms with E-state index in [0.717, 1.165) is 48.5 Å². The van der Waals surface area contributed by atoms with Gasteiger partial charge in [0.25, 0.3) is 0 Å². The van der Waals surface area contributed by atoms with Gasteiger partial charge >= 0.3 is 5.97 Å². The zero-order chi connectivity index (χ0) is 20.6. The summed E-state index contributed by atoms with van der Waals surface area (Å²) < 4.78 is 1.95. The van der Waals surface area contributed by atoms with Crippen molar-refractivity contribution in [3.8, 4) is 11.1 Å². The number of aromatic nitrogens is 3. The van der Waals surface area contributed by atoms with Gasteiger partial charge in [-0.25, -0.2) is 14.5 Å². The van der Waals surface area contributed by atoms with Crippen molar-refractivity contribution in [2.75, 3.05) is 0 Å². The molecule has 0 spiro atoms. The lowest BCUT2D eigenvalue weighted by molar-refractivity contribution is 0.0697. The molecule has 0 aliphatic heterocycles. The molecule has 1 N–H and O–H groups in total. The number of carbonyl (C=O) groups is 1. The fourth-order valence-electron chi connectivity index (χ4n) is 3.19. The zero-order valence-corrected chi connectivity index (χ0v) is 16.4. The van der Waals surface area contributed by atoms with Crippen LogP contribution < -0.4 is 0 Å². The van der Waals surface area contributed by atoms with Crippen molar-refractivity contribution in [1.29, 1.82) is 0 Å². The van der Waals surface area contributed by atoms with Gasteiger partial charge in [0.15, 0.2) is 5.82 Å². The van der Waals surface area contributed by atoms with Gasteiger partial charge < -0.3 is 5.11 Å². The number of nitrogens with zero attached hydrogens (tertiary/aromatic N) is 3. The molecule has 148 valence electrons. The van der Waals surface area contributed by atoms with Crippen molar-refractivity contribution in [2.24, 2.45) is 0 Å². The number of hydrogen-bond donors (Lipinski definition) is 1. The molecule has 2 aromatic carbocycles. The van der Waals surface area contributed by atoms with E-state index in [1.54, 1.807) is 12.1 Å². The fraction of sp³-hybridized carbons (Fsp3) is 0.208. The van der Waals surface area contributed by atoms with E-state index in [2.05, 4.69) is 23.2 Å². The van der Waals surface area contributed by atoms with E-state index in [-0.39, 0.29) is 0 Å². The van der Waals surface area contributed by atoms with Crippen LogP contribution in [0.3, 0.4) is 0 Å². The molecule has 5 nitrogen and oxygen atoms in total. The summed E-state index contributed by atoms with van der Waals surface area (Å²) in [5, 5.41) is 14.1. The van der Waals surface area contributed by atoms with Crippen LogP contribution in [0.4, 0.5) is 0 Å². The summed E-state index contributed by atoms with van der Waals surface area (Å²) in [6, 6.07) is 15.0. The molecule has 5 heteroatoms. The molecule has 0 aliphatic carbocycles. The maximum atomic E-state index is 11.5. The van der Waals surface area contributed by atoms with Crippen molar-refractivity contribution in [2.45, 2.75) is 32.2 Å². The highest BCUT2D eigenvalue weighted by atomic mass is 16.4. The fourth-order valence-corrected chi connectivity index (χ4v) is 3.19. The minimum atomic E-state index is -0.925. The first-order valence-corrected chi connectivity index (χ1v) is 9.68. The summed E-state index contributed by atoms with van der Waals surface area (Å²) >= 11 is 0. The Labute approximate surface area is 171 Å². The van der Waals surface area contributed by atoms with Crippen LogP contribution in [-0.2, 0) is 19.4 Å². The predicted molar refractivity (Wildman–Crippen MR) is 115 cm³/mol. The summed E-state index contributed by atoms with van der Waals surface area (Å²) in [5.41, 5.74) is 2.98. The van der Waals surface area contributed by atoms with E-state index < -0.39 is 5.97 Å². The lowest BCUT2D eigenvalue weighted by Crippen LogP contribution is -2.07. The average Bonchev–Trinajstić information content (AvgIpc) is 3.12. The predicted octanol–water partition coefficient (Wildman–Crippen LogP) is 4.93. The smallest absolute Gasteiger partial charge is 0.336 e. The Kier molecular flexibility index (Phi) is 6.74. The summed E-state index contributed by atoms with van der Waals surface area (Å²) in [6.45, 7) is 8.17. The first kappa shape index (κ1) is 20.3. The molecular weight excluding hydrogens is 362 g/mol. The molecule has 1 heterocycles. The Hall–Kier alpha value is -3.47.